The standard InChI is InChI=1S/C8H15B3N3O2/c1-6(15)3-4-12-7(16)8(2,5-13-10)14-11-9/h13-14H,3-5H2,1-2H3,(H,12,16)/t8-/m0/s1. The number of nitrogens with one attached hydrogen (secondary N) is 3. The molecule has 0 saturated carbocycles. The van der Waals surface area contributed by atoms with Crippen LogP contribution < -0.4 is 15.8 Å². The van der Waals surface area contributed by atoms with Crippen molar-refractivity contribution in [2.75, 3.05) is 13.1 Å². The van der Waals surface area contributed by atoms with Gasteiger partial charge in [0.2, 0.25) is 5.91 Å². The topological polar surface area (TPSA) is 70.2 Å². The van der Waals surface area contributed by atoms with Gasteiger partial charge >= 0.3 is 0 Å². The van der Waals surface area contributed by atoms with E-state index in [4.69, 9.17) is 15.7 Å². The molecule has 5 radical (unpaired) electrons. The van der Waals surface area contributed by atoms with E-state index in [2.05, 4.69) is 15.8 Å². The van der Waals surface area contributed by atoms with Gasteiger partial charge in [-0.15, -0.1) is 0 Å². The molecule has 0 spiro atoms. The minimum atomic E-state index is -0.930. The third-order valence-corrected chi connectivity index (χ3v) is 2.12. The molecule has 1 atom stereocenters. The average Bonchev–Trinajstić information content (AvgIpc) is 2.17. The highest BCUT2D eigenvalue weighted by atomic mass is 16.2. The summed E-state index contributed by atoms with van der Waals surface area (Å²) in [6.07, 6.45) is 0.310. The van der Waals surface area contributed by atoms with Crippen LogP contribution in [-0.2, 0) is 9.59 Å². The van der Waals surface area contributed by atoms with Crippen LogP contribution in [0.1, 0.15) is 20.3 Å². The van der Waals surface area contributed by atoms with E-state index >= 15 is 0 Å². The second kappa shape index (κ2) is 7.52. The summed E-state index contributed by atoms with van der Waals surface area (Å²) < 4.78 is 0. The maximum Gasteiger partial charge on any atom is 0.240 e. The highest BCUT2D eigenvalue weighted by molar-refractivity contribution is 6.88. The maximum absolute atomic E-state index is 11.8. The van der Waals surface area contributed by atoms with Crippen LogP contribution in [0.15, 0.2) is 0 Å². The molecule has 0 unspecified atom stereocenters. The molecule has 0 aliphatic heterocycles. The van der Waals surface area contributed by atoms with E-state index < -0.39 is 5.54 Å². The lowest BCUT2D eigenvalue weighted by Crippen LogP contribution is -2.61. The monoisotopic (exact) mass is 218 g/mol. The molecule has 0 heterocycles. The highest BCUT2D eigenvalue weighted by Gasteiger charge is 2.30. The third-order valence-electron chi connectivity index (χ3n) is 2.12. The first-order valence-corrected chi connectivity index (χ1v) is 4.98. The molecule has 83 valence electrons. The lowest BCUT2D eigenvalue weighted by molar-refractivity contribution is -0.126. The van der Waals surface area contributed by atoms with Crippen molar-refractivity contribution in [3.63, 3.8) is 0 Å². The van der Waals surface area contributed by atoms with Crippen molar-refractivity contribution in [3.05, 3.63) is 0 Å². The van der Waals surface area contributed by atoms with Gasteiger partial charge in [0.1, 0.15) is 13.1 Å². The third kappa shape index (κ3) is 5.37. The summed E-state index contributed by atoms with van der Waals surface area (Å²) in [5, 5.41) is 7.75. The van der Waals surface area contributed by atoms with E-state index in [9.17, 15) is 9.59 Å². The van der Waals surface area contributed by atoms with Crippen molar-refractivity contribution in [2.24, 2.45) is 0 Å². The van der Waals surface area contributed by atoms with Gasteiger partial charge in [-0.2, -0.15) is 0 Å². The van der Waals surface area contributed by atoms with E-state index in [1.165, 1.54) is 14.2 Å². The van der Waals surface area contributed by atoms with Crippen LogP contribution in [0.25, 0.3) is 0 Å². The van der Waals surface area contributed by atoms with Gasteiger partial charge < -0.3 is 15.8 Å². The number of carbonyl (C=O) groups is 2. The molecule has 0 aromatic rings. The van der Waals surface area contributed by atoms with E-state index in [1.807, 2.05) is 0 Å². The normalized spacial score (nSPS) is 13.9. The molecule has 0 aromatic heterocycles. The lowest BCUT2D eigenvalue weighted by atomic mass is 9.65. The van der Waals surface area contributed by atoms with Gasteiger partial charge in [-0.05, 0) is 13.8 Å². The summed E-state index contributed by atoms with van der Waals surface area (Å²) in [7, 11) is 11.6. The Hall–Kier alpha value is -0.745. The molecule has 0 rings (SSSR count). The Balaban J connectivity index is 4.21. The Morgan fingerprint density at radius 1 is 1.44 bits per heavy atom. The Bertz CT molecular complexity index is 245. The molecule has 1 amide bonds. The van der Waals surface area contributed by atoms with Crippen molar-refractivity contribution in [1.29, 1.82) is 0 Å². The van der Waals surface area contributed by atoms with E-state index in [0.29, 0.717) is 13.0 Å². The largest absolute Gasteiger partial charge is 0.364 e. The van der Waals surface area contributed by atoms with Crippen LogP contribution >= 0.6 is 0 Å². The predicted molar refractivity (Wildman–Crippen MR) is 65.1 cm³/mol. The molecule has 0 aliphatic carbocycles. The SMILES string of the molecule is [B][B]N[C@@](C)(CN[B])C(=O)NCCC(C)=O. The zero-order chi connectivity index (χ0) is 12.6. The number of Topliss-reactive ketones (excluding diaryl/α,β-unsaturated/α-hetero) is 1. The molecular weight excluding hydrogens is 203 g/mol. The fourth-order valence-electron chi connectivity index (χ4n) is 1.13. The minimum absolute atomic E-state index is 0.0253. The number of amides is 1. The van der Waals surface area contributed by atoms with Crippen LogP contribution in [0.5, 0.6) is 0 Å². The van der Waals surface area contributed by atoms with Crippen molar-refractivity contribution < 1.29 is 9.59 Å². The van der Waals surface area contributed by atoms with Crippen LogP contribution in [0.2, 0.25) is 0 Å². The van der Waals surface area contributed by atoms with E-state index in [1.54, 1.807) is 6.92 Å². The summed E-state index contributed by atoms with van der Waals surface area (Å²) in [5.41, 5.74) is -0.930. The molecule has 0 fully saturated rings. The first kappa shape index (κ1) is 15.3. The molecular formula is C8H15B3N3O2. The highest BCUT2D eigenvalue weighted by Crippen LogP contribution is 2.01. The number of rotatable bonds is 8. The fourth-order valence-corrected chi connectivity index (χ4v) is 1.13. The minimum Gasteiger partial charge on any atom is -0.364 e. The van der Waals surface area contributed by atoms with Gasteiger partial charge in [-0.25, -0.2) is 0 Å². The van der Waals surface area contributed by atoms with Gasteiger partial charge in [-0.1, -0.05) is 0 Å². The lowest BCUT2D eigenvalue weighted by Gasteiger charge is -2.29. The van der Waals surface area contributed by atoms with Gasteiger partial charge in [0.05, 0.1) is 5.54 Å². The second-order valence-electron chi connectivity index (χ2n) is 3.73. The van der Waals surface area contributed by atoms with Crippen molar-refractivity contribution in [3.8, 4) is 0 Å². The van der Waals surface area contributed by atoms with Crippen molar-refractivity contribution in [2.45, 2.75) is 25.8 Å². The summed E-state index contributed by atoms with van der Waals surface area (Å²) >= 11 is 0. The Labute approximate surface area is 99.6 Å². The molecule has 3 N–H and O–H groups in total. The van der Waals surface area contributed by atoms with Crippen LogP contribution in [0.4, 0.5) is 0 Å². The number of carbonyl (C=O) groups excluding carboxylic acids is 2. The van der Waals surface area contributed by atoms with Gasteiger partial charge in [0.15, 0.2) is 7.98 Å². The zero-order valence-corrected chi connectivity index (χ0v) is 9.67. The van der Waals surface area contributed by atoms with Crippen molar-refractivity contribution >= 4 is 34.7 Å². The van der Waals surface area contributed by atoms with Gasteiger partial charge in [0, 0.05) is 27.2 Å². The molecule has 0 aromatic carbocycles. The number of hydrogen-bond donors (Lipinski definition) is 3. The molecule has 0 aliphatic rings. The fraction of sp³-hybridized carbons (Fsp3) is 0.750. The molecule has 5 nitrogen and oxygen atoms in total. The Morgan fingerprint density at radius 2 is 2.06 bits per heavy atom. The van der Waals surface area contributed by atoms with Gasteiger partial charge in [0.25, 0.3) is 0 Å². The van der Waals surface area contributed by atoms with Crippen molar-refractivity contribution in [1.82, 2.24) is 15.8 Å². The Morgan fingerprint density at radius 3 is 2.50 bits per heavy atom. The quantitative estimate of drug-likeness (QED) is 0.404. The zero-order valence-electron chi connectivity index (χ0n) is 9.67. The molecule has 16 heavy (non-hydrogen) atoms. The molecule has 0 bridgehead atoms. The first-order valence-electron chi connectivity index (χ1n) is 4.98. The summed E-state index contributed by atoms with van der Waals surface area (Å²) in [6.45, 7) is 3.64. The molecule has 8 heteroatoms. The van der Waals surface area contributed by atoms with Crippen LogP contribution in [0.3, 0.4) is 0 Å². The smallest absolute Gasteiger partial charge is 0.240 e. The summed E-state index contributed by atoms with van der Waals surface area (Å²) in [5.74, 6) is -0.245. The Kier molecular flexibility index (Phi) is 7.17. The van der Waals surface area contributed by atoms with E-state index in [-0.39, 0.29) is 18.2 Å². The number of ketones is 1. The van der Waals surface area contributed by atoms with Crippen LogP contribution in [-0.4, -0.2) is 53.3 Å². The van der Waals surface area contributed by atoms with Gasteiger partial charge in [-0.3, -0.25) is 9.59 Å². The van der Waals surface area contributed by atoms with E-state index in [0.717, 1.165) is 0 Å². The maximum atomic E-state index is 11.8. The summed E-state index contributed by atoms with van der Waals surface area (Å²) in [6, 6.07) is 0. The first-order chi connectivity index (χ1) is 7.46. The number of hydrogen-bond acceptors (Lipinski definition) is 4. The second-order valence-corrected chi connectivity index (χ2v) is 3.73. The summed E-state index contributed by atoms with van der Waals surface area (Å²) in [4.78, 5) is 22.5. The average molecular weight is 218 g/mol. The molecule has 0 saturated heterocycles. The predicted octanol–water partition coefficient (Wildman–Crippen LogP) is -2.19. The van der Waals surface area contributed by atoms with Crippen LogP contribution in [0, 0.1) is 0 Å².